The Labute approximate surface area is 145 Å². The molecule has 3 aromatic rings. The third kappa shape index (κ3) is 3.08. The normalized spacial score (nSPS) is 16.0. The van der Waals surface area contributed by atoms with Crippen molar-refractivity contribution in [3.63, 3.8) is 0 Å². The predicted octanol–water partition coefficient (Wildman–Crippen LogP) is 3.46. The van der Waals surface area contributed by atoms with Crippen molar-refractivity contribution in [1.29, 1.82) is 0 Å². The summed E-state index contributed by atoms with van der Waals surface area (Å²) in [6.07, 6.45) is 0. The fourth-order valence-electron chi connectivity index (χ4n) is 2.97. The molecule has 2 aromatic carbocycles. The molecule has 124 valence electrons. The van der Waals surface area contributed by atoms with Gasteiger partial charge in [-0.3, -0.25) is 4.79 Å². The summed E-state index contributed by atoms with van der Waals surface area (Å²) in [5.41, 5.74) is 4.20. The van der Waals surface area contributed by atoms with Gasteiger partial charge >= 0.3 is 0 Å². The van der Waals surface area contributed by atoms with E-state index >= 15 is 0 Å². The summed E-state index contributed by atoms with van der Waals surface area (Å²) < 4.78 is 5.22. The number of benzene rings is 2. The van der Waals surface area contributed by atoms with Gasteiger partial charge in [0.1, 0.15) is 0 Å². The fraction of sp³-hybridized carbons (Fsp3) is 0.150. The van der Waals surface area contributed by atoms with Crippen LogP contribution in [0.15, 0.2) is 70.8 Å². The predicted molar refractivity (Wildman–Crippen MR) is 94.1 cm³/mol. The number of hydrogen-bond acceptors (Lipinski definition) is 4. The van der Waals surface area contributed by atoms with Crippen molar-refractivity contribution >= 4 is 11.5 Å². The van der Waals surface area contributed by atoms with Crippen molar-refractivity contribution in [3.05, 3.63) is 77.7 Å². The van der Waals surface area contributed by atoms with Gasteiger partial charge in [-0.15, -0.1) is 0 Å². The van der Waals surface area contributed by atoms with E-state index in [9.17, 15) is 4.79 Å². The van der Waals surface area contributed by atoms with Crippen molar-refractivity contribution in [2.75, 3.05) is 0 Å². The van der Waals surface area contributed by atoms with E-state index in [4.69, 9.17) is 4.52 Å². The summed E-state index contributed by atoms with van der Waals surface area (Å²) in [6.45, 7) is 2.22. The third-order valence-corrected chi connectivity index (χ3v) is 4.32. The van der Waals surface area contributed by atoms with Crippen LogP contribution in [0, 0.1) is 5.92 Å². The Hall–Kier alpha value is -3.21. The summed E-state index contributed by atoms with van der Waals surface area (Å²) in [5.74, 6) is 0.733. The lowest BCUT2D eigenvalue weighted by Gasteiger charge is -2.03. The highest BCUT2D eigenvalue weighted by atomic mass is 16.5. The van der Waals surface area contributed by atoms with E-state index in [1.165, 1.54) is 0 Å². The molecule has 1 aromatic heterocycles. The van der Waals surface area contributed by atoms with Crippen LogP contribution in [0.25, 0.3) is 17.0 Å². The topological polar surface area (TPSA) is 68.0 Å². The van der Waals surface area contributed by atoms with Crippen LogP contribution in [0.4, 0.5) is 0 Å². The molecule has 1 atom stereocenters. The molecule has 5 heteroatoms. The zero-order valence-electron chi connectivity index (χ0n) is 13.8. The first-order valence-corrected chi connectivity index (χ1v) is 8.16. The number of amides is 1. The standard InChI is InChI=1S/C20H17N3O2/c1-13-17(14-8-4-2-5-9-14)18(13)20(24)21-12-16-22-19(23-25-16)15-10-6-3-7-11-15/h2-11,18H,12H2,1H3,(H,21,24). The Bertz CT molecular complexity index is 930. The highest BCUT2D eigenvalue weighted by Gasteiger charge is 2.39. The average Bonchev–Trinajstić information content (AvgIpc) is 3.11. The fourth-order valence-corrected chi connectivity index (χ4v) is 2.97. The lowest BCUT2D eigenvalue weighted by Crippen LogP contribution is -2.26. The van der Waals surface area contributed by atoms with Crippen molar-refractivity contribution in [2.45, 2.75) is 13.5 Å². The molecule has 1 heterocycles. The summed E-state index contributed by atoms with van der Waals surface area (Å²) >= 11 is 0. The van der Waals surface area contributed by atoms with Gasteiger partial charge < -0.3 is 9.84 Å². The molecule has 1 aliphatic carbocycles. The van der Waals surface area contributed by atoms with E-state index < -0.39 is 0 Å². The molecule has 1 aliphatic rings. The second kappa shape index (κ2) is 6.36. The van der Waals surface area contributed by atoms with Gasteiger partial charge in [0, 0.05) is 5.56 Å². The summed E-state index contributed by atoms with van der Waals surface area (Å²) in [7, 11) is 0. The number of hydrogen-bond donors (Lipinski definition) is 1. The van der Waals surface area contributed by atoms with Crippen LogP contribution in [0.1, 0.15) is 18.4 Å². The van der Waals surface area contributed by atoms with E-state index in [2.05, 4.69) is 15.5 Å². The molecule has 0 fully saturated rings. The van der Waals surface area contributed by atoms with Crippen LogP contribution < -0.4 is 5.32 Å². The smallest absolute Gasteiger partial charge is 0.246 e. The number of rotatable bonds is 5. The highest BCUT2D eigenvalue weighted by molar-refractivity contribution is 6.05. The first-order valence-electron chi connectivity index (χ1n) is 8.16. The maximum Gasteiger partial charge on any atom is 0.246 e. The van der Waals surface area contributed by atoms with Crippen LogP contribution in [-0.2, 0) is 11.3 Å². The first kappa shape index (κ1) is 15.3. The molecule has 0 radical (unpaired) electrons. The van der Waals surface area contributed by atoms with Gasteiger partial charge in [0.25, 0.3) is 0 Å². The SMILES string of the molecule is CC1=C(c2ccccc2)C1C(=O)NCc1nc(-c2ccccc2)no1. The Balaban J connectivity index is 1.37. The van der Waals surface area contributed by atoms with Gasteiger partial charge in [0.2, 0.25) is 17.6 Å². The van der Waals surface area contributed by atoms with E-state index in [-0.39, 0.29) is 18.4 Å². The Kier molecular flexibility index (Phi) is 3.90. The van der Waals surface area contributed by atoms with Crippen LogP contribution in [-0.4, -0.2) is 16.0 Å². The second-order valence-corrected chi connectivity index (χ2v) is 5.99. The van der Waals surface area contributed by atoms with Crippen molar-refractivity contribution in [1.82, 2.24) is 15.5 Å². The minimum atomic E-state index is -0.154. The second-order valence-electron chi connectivity index (χ2n) is 5.99. The lowest BCUT2D eigenvalue weighted by atomic mass is 10.1. The molecule has 0 spiro atoms. The summed E-state index contributed by atoms with van der Waals surface area (Å²) in [6, 6.07) is 19.6. The molecule has 1 amide bonds. The Morgan fingerprint density at radius 2 is 1.68 bits per heavy atom. The van der Waals surface area contributed by atoms with Crippen LogP contribution in [0.5, 0.6) is 0 Å². The summed E-state index contributed by atoms with van der Waals surface area (Å²) in [4.78, 5) is 16.7. The van der Waals surface area contributed by atoms with Crippen LogP contribution in [0.2, 0.25) is 0 Å². The molecule has 0 bridgehead atoms. The molecular weight excluding hydrogens is 314 g/mol. The largest absolute Gasteiger partial charge is 0.346 e. The molecule has 1 N–H and O–H groups in total. The molecule has 0 saturated carbocycles. The lowest BCUT2D eigenvalue weighted by molar-refractivity contribution is -0.121. The molecule has 4 rings (SSSR count). The Morgan fingerprint density at radius 1 is 1.04 bits per heavy atom. The molecule has 0 aliphatic heterocycles. The average molecular weight is 331 g/mol. The van der Waals surface area contributed by atoms with Gasteiger partial charge in [-0.1, -0.05) is 71.4 Å². The molecule has 25 heavy (non-hydrogen) atoms. The van der Waals surface area contributed by atoms with E-state index in [1.807, 2.05) is 67.6 Å². The number of nitrogens with zero attached hydrogens (tertiary/aromatic N) is 2. The zero-order chi connectivity index (χ0) is 17.2. The molecular formula is C20H17N3O2. The number of carbonyl (C=O) groups is 1. The zero-order valence-corrected chi connectivity index (χ0v) is 13.8. The number of aromatic nitrogens is 2. The van der Waals surface area contributed by atoms with Gasteiger partial charge in [0.15, 0.2) is 0 Å². The minimum absolute atomic E-state index is 0.0317. The minimum Gasteiger partial charge on any atom is -0.346 e. The van der Waals surface area contributed by atoms with Crippen molar-refractivity contribution < 1.29 is 9.32 Å². The monoisotopic (exact) mass is 331 g/mol. The van der Waals surface area contributed by atoms with E-state index in [1.54, 1.807) is 0 Å². The number of nitrogens with one attached hydrogen (secondary N) is 1. The maximum atomic E-state index is 12.4. The maximum absolute atomic E-state index is 12.4. The van der Waals surface area contributed by atoms with Gasteiger partial charge in [-0.25, -0.2) is 0 Å². The highest BCUT2D eigenvalue weighted by Crippen LogP contribution is 2.46. The van der Waals surface area contributed by atoms with E-state index in [0.717, 1.165) is 22.3 Å². The van der Waals surface area contributed by atoms with Gasteiger partial charge in [-0.2, -0.15) is 4.98 Å². The Morgan fingerprint density at radius 3 is 2.36 bits per heavy atom. The summed E-state index contributed by atoms with van der Waals surface area (Å²) in [5, 5.41) is 6.83. The van der Waals surface area contributed by atoms with E-state index in [0.29, 0.717) is 11.7 Å². The quantitative estimate of drug-likeness (QED) is 0.777. The van der Waals surface area contributed by atoms with Crippen LogP contribution >= 0.6 is 0 Å². The van der Waals surface area contributed by atoms with Crippen molar-refractivity contribution in [3.8, 4) is 11.4 Å². The van der Waals surface area contributed by atoms with Crippen LogP contribution in [0.3, 0.4) is 0 Å². The van der Waals surface area contributed by atoms with Gasteiger partial charge in [-0.05, 0) is 18.1 Å². The molecule has 5 nitrogen and oxygen atoms in total. The molecule has 1 unspecified atom stereocenters. The van der Waals surface area contributed by atoms with Crippen molar-refractivity contribution in [2.24, 2.45) is 5.92 Å². The molecule has 0 saturated heterocycles. The van der Waals surface area contributed by atoms with Gasteiger partial charge in [0.05, 0.1) is 12.5 Å². The third-order valence-electron chi connectivity index (χ3n) is 4.32. The first-order chi connectivity index (χ1) is 12.2. The number of carbonyl (C=O) groups excluding carboxylic acids is 1.